The first kappa shape index (κ1) is 21.0. The minimum absolute atomic E-state index is 0.265. The Morgan fingerprint density at radius 1 is 0.967 bits per heavy atom. The van der Waals surface area contributed by atoms with Crippen molar-refractivity contribution in [3.05, 3.63) is 66.0 Å². The summed E-state index contributed by atoms with van der Waals surface area (Å²) in [5, 5.41) is 0. The van der Waals surface area contributed by atoms with Crippen molar-refractivity contribution < 1.29 is 4.79 Å². The molecule has 2 aliphatic rings. The van der Waals surface area contributed by atoms with E-state index < -0.39 is 0 Å². The molecule has 30 heavy (non-hydrogen) atoms. The molecule has 4 nitrogen and oxygen atoms in total. The SMILES string of the molecule is O=C(CCc1ccccc1)N(Cc1cccnc1)CC1CCN(C2CCCC2)CC1. The van der Waals surface area contributed by atoms with Gasteiger partial charge in [0.2, 0.25) is 5.91 Å². The first-order chi connectivity index (χ1) is 14.8. The van der Waals surface area contributed by atoms with E-state index in [2.05, 4.69) is 33.0 Å². The number of carbonyl (C=O) groups is 1. The highest BCUT2D eigenvalue weighted by atomic mass is 16.2. The van der Waals surface area contributed by atoms with Gasteiger partial charge in [-0.1, -0.05) is 49.2 Å². The summed E-state index contributed by atoms with van der Waals surface area (Å²) in [5.41, 5.74) is 2.35. The number of carbonyl (C=O) groups excluding carboxylic acids is 1. The molecule has 2 aromatic rings. The van der Waals surface area contributed by atoms with Gasteiger partial charge in [-0.3, -0.25) is 9.78 Å². The van der Waals surface area contributed by atoms with Gasteiger partial charge < -0.3 is 9.80 Å². The van der Waals surface area contributed by atoms with Crippen LogP contribution in [-0.4, -0.2) is 46.4 Å². The highest BCUT2D eigenvalue weighted by molar-refractivity contribution is 5.76. The molecule has 1 amide bonds. The van der Waals surface area contributed by atoms with E-state index >= 15 is 0 Å². The Balaban J connectivity index is 1.34. The third kappa shape index (κ3) is 5.91. The van der Waals surface area contributed by atoms with E-state index in [9.17, 15) is 4.79 Å². The summed E-state index contributed by atoms with van der Waals surface area (Å²) in [6.45, 7) is 3.95. The maximum atomic E-state index is 13.2. The van der Waals surface area contributed by atoms with Gasteiger partial charge >= 0.3 is 0 Å². The fourth-order valence-electron chi connectivity index (χ4n) is 5.10. The number of pyridine rings is 1. The third-order valence-electron chi connectivity index (χ3n) is 6.89. The van der Waals surface area contributed by atoms with Gasteiger partial charge in [-0.05, 0) is 68.3 Å². The van der Waals surface area contributed by atoms with Crippen molar-refractivity contribution >= 4 is 5.91 Å². The summed E-state index contributed by atoms with van der Waals surface area (Å²) in [7, 11) is 0. The van der Waals surface area contributed by atoms with Crippen LogP contribution >= 0.6 is 0 Å². The van der Waals surface area contributed by atoms with E-state index in [1.807, 2.05) is 30.5 Å². The number of aryl methyl sites for hydroxylation is 1. The molecular weight excluding hydrogens is 370 g/mol. The van der Waals surface area contributed by atoms with Crippen LogP contribution in [0.4, 0.5) is 0 Å². The Kier molecular flexibility index (Phi) is 7.52. The van der Waals surface area contributed by atoms with E-state index in [-0.39, 0.29) is 5.91 Å². The number of hydrogen-bond donors (Lipinski definition) is 0. The fraction of sp³-hybridized carbons (Fsp3) is 0.538. The second kappa shape index (κ2) is 10.7. The van der Waals surface area contributed by atoms with Gasteiger partial charge in [-0.2, -0.15) is 0 Å². The summed E-state index contributed by atoms with van der Waals surface area (Å²) >= 11 is 0. The van der Waals surface area contributed by atoms with Gasteiger partial charge in [-0.25, -0.2) is 0 Å². The highest BCUT2D eigenvalue weighted by Gasteiger charge is 2.28. The van der Waals surface area contributed by atoms with E-state index in [0.29, 0.717) is 18.9 Å². The number of benzene rings is 1. The molecule has 1 aromatic carbocycles. The Morgan fingerprint density at radius 2 is 1.70 bits per heavy atom. The van der Waals surface area contributed by atoms with Gasteiger partial charge in [-0.15, -0.1) is 0 Å². The van der Waals surface area contributed by atoms with E-state index in [1.54, 1.807) is 6.20 Å². The second-order valence-electron chi connectivity index (χ2n) is 9.04. The normalized spacial score (nSPS) is 18.5. The van der Waals surface area contributed by atoms with Gasteiger partial charge in [0.25, 0.3) is 0 Å². The molecule has 1 saturated carbocycles. The highest BCUT2D eigenvalue weighted by Crippen LogP contribution is 2.28. The lowest BCUT2D eigenvalue weighted by Gasteiger charge is -2.38. The molecule has 0 atom stereocenters. The number of hydrogen-bond acceptors (Lipinski definition) is 3. The number of piperidine rings is 1. The molecule has 0 bridgehead atoms. The lowest BCUT2D eigenvalue weighted by molar-refractivity contribution is -0.132. The largest absolute Gasteiger partial charge is 0.338 e. The lowest BCUT2D eigenvalue weighted by Crippen LogP contribution is -2.43. The van der Waals surface area contributed by atoms with Crippen LogP contribution in [0.2, 0.25) is 0 Å². The van der Waals surface area contributed by atoms with Gasteiger partial charge in [0.05, 0.1) is 0 Å². The lowest BCUT2D eigenvalue weighted by atomic mass is 9.94. The van der Waals surface area contributed by atoms with E-state index in [4.69, 9.17) is 0 Å². The molecule has 0 radical (unpaired) electrons. The molecule has 0 spiro atoms. The Morgan fingerprint density at radius 3 is 2.40 bits per heavy atom. The van der Waals surface area contributed by atoms with E-state index in [0.717, 1.165) is 24.6 Å². The number of rotatable bonds is 8. The molecule has 1 aromatic heterocycles. The minimum Gasteiger partial charge on any atom is -0.338 e. The van der Waals surface area contributed by atoms with Crippen molar-refractivity contribution in [1.29, 1.82) is 0 Å². The zero-order chi connectivity index (χ0) is 20.6. The predicted molar refractivity (Wildman–Crippen MR) is 121 cm³/mol. The number of likely N-dealkylation sites (tertiary alicyclic amines) is 1. The molecule has 160 valence electrons. The van der Waals surface area contributed by atoms with E-state index in [1.165, 1.54) is 57.2 Å². The molecule has 1 aliphatic heterocycles. The zero-order valence-corrected chi connectivity index (χ0v) is 18.1. The van der Waals surface area contributed by atoms with Crippen LogP contribution < -0.4 is 0 Å². The monoisotopic (exact) mass is 405 g/mol. The molecular formula is C26H35N3O. The number of nitrogens with zero attached hydrogens (tertiary/aromatic N) is 3. The van der Waals surface area contributed by atoms with Crippen LogP contribution in [-0.2, 0) is 17.8 Å². The van der Waals surface area contributed by atoms with Crippen LogP contribution in [0.3, 0.4) is 0 Å². The predicted octanol–water partition coefficient (Wildman–Crippen LogP) is 4.70. The molecule has 4 rings (SSSR count). The Bertz CT molecular complexity index is 765. The Labute approximate surface area is 181 Å². The topological polar surface area (TPSA) is 36.4 Å². The average molecular weight is 406 g/mol. The number of aromatic nitrogens is 1. The first-order valence-electron chi connectivity index (χ1n) is 11.7. The van der Waals surface area contributed by atoms with Crippen LogP contribution in [0, 0.1) is 5.92 Å². The Hall–Kier alpha value is -2.20. The molecule has 4 heteroatoms. The molecule has 0 unspecified atom stereocenters. The second-order valence-corrected chi connectivity index (χ2v) is 9.04. The maximum Gasteiger partial charge on any atom is 0.223 e. The number of amides is 1. The van der Waals surface area contributed by atoms with Crippen molar-refractivity contribution in [1.82, 2.24) is 14.8 Å². The van der Waals surface area contributed by atoms with Crippen LogP contribution in [0.15, 0.2) is 54.9 Å². The average Bonchev–Trinajstić information content (AvgIpc) is 3.34. The molecule has 0 N–H and O–H groups in total. The van der Waals surface area contributed by atoms with Crippen molar-refractivity contribution in [2.24, 2.45) is 5.92 Å². The zero-order valence-electron chi connectivity index (χ0n) is 18.1. The standard InChI is InChI=1S/C26H35N3O/c30-26(13-12-22-7-2-1-3-8-22)29(21-24-9-6-16-27-19-24)20-23-14-17-28(18-15-23)25-10-4-5-11-25/h1-3,6-9,16,19,23,25H,4-5,10-15,17-18,20-21H2. The molecule has 2 heterocycles. The van der Waals surface area contributed by atoms with Crippen LogP contribution in [0.25, 0.3) is 0 Å². The summed E-state index contributed by atoms with van der Waals surface area (Å²) in [5.74, 6) is 0.876. The third-order valence-corrected chi connectivity index (χ3v) is 6.89. The molecule has 2 fully saturated rings. The smallest absolute Gasteiger partial charge is 0.223 e. The summed E-state index contributed by atoms with van der Waals surface area (Å²) in [6.07, 6.45) is 13.1. The first-order valence-corrected chi connectivity index (χ1v) is 11.7. The quantitative estimate of drug-likeness (QED) is 0.639. The minimum atomic E-state index is 0.265. The molecule has 1 aliphatic carbocycles. The van der Waals surface area contributed by atoms with Crippen molar-refractivity contribution in [3.63, 3.8) is 0 Å². The molecule has 1 saturated heterocycles. The maximum absolute atomic E-state index is 13.2. The van der Waals surface area contributed by atoms with Crippen LogP contribution in [0.5, 0.6) is 0 Å². The van der Waals surface area contributed by atoms with Gasteiger partial charge in [0.1, 0.15) is 0 Å². The van der Waals surface area contributed by atoms with Crippen molar-refractivity contribution in [2.75, 3.05) is 19.6 Å². The fourth-order valence-corrected chi connectivity index (χ4v) is 5.10. The summed E-state index contributed by atoms with van der Waals surface area (Å²) < 4.78 is 0. The van der Waals surface area contributed by atoms with Crippen LogP contribution in [0.1, 0.15) is 56.1 Å². The van der Waals surface area contributed by atoms with Crippen molar-refractivity contribution in [3.8, 4) is 0 Å². The van der Waals surface area contributed by atoms with Crippen molar-refractivity contribution in [2.45, 2.75) is 64.0 Å². The van der Waals surface area contributed by atoms with Gasteiger partial charge in [0, 0.05) is 37.9 Å². The van der Waals surface area contributed by atoms with Gasteiger partial charge in [0.15, 0.2) is 0 Å². The summed E-state index contributed by atoms with van der Waals surface area (Å²) in [6, 6.07) is 15.2. The summed E-state index contributed by atoms with van der Waals surface area (Å²) in [4.78, 5) is 22.2.